The maximum Gasteiger partial charge on any atom is 0.0276 e. The summed E-state index contributed by atoms with van der Waals surface area (Å²) in [5, 5.41) is 0. The highest BCUT2D eigenvalue weighted by molar-refractivity contribution is 5.81. The zero-order valence-corrected chi connectivity index (χ0v) is 9.44. The summed E-state index contributed by atoms with van der Waals surface area (Å²) in [6.45, 7) is 11.3. The molecular formula is C11H23N. The van der Waals surface area contributed by atoms with Crippen molar-refractivity contribution in [3.63, 3.8) is 0 Å². The Balaban J connectivity index is 3.80. The van der Waals surface area contributed by atoms with Crippen LogP contribution in [0.4, 0.5) is 0 Å². The molecule has 12 heavy (non-hydrogen) atoms. The summed E-state index contributed by atoms with van der Waals surface area (Å²) in [6, 6.07) is 0. The monoisotopic (exact) mass is 169 g/mol. The van der Waals surface area contributed by atoms with Crippen molar-refractivity contribution >= 4 is 5.71 Å². The van der Waals surface area contributed by atoms with Gasteiger partial charge >= 0.3 is 0 Å². The topological polar surface area (TPSA) is 12.4 Å². The molecule has 0 aromatic rings. The molecule has 0 N–H and O–H groups in total. The Morgan fingerprint density at radius 3 is 2.17 bits per heavy atom. The second kappa shape index (κ2) is 4.64. The van der Waals surface area contributed by atoms with Crippen LogP contribution in [0.25, 0.3) is 0 Å². The lowest BCUT2D eigenvalue weighted by Crippen LogP contribution is -2.17. The van der Waals surface area contributed by atoms with Crippen LogP contribution < -0.4 is 0 Å². The summed E-state index contributed by atoms with van der Waals surface area (Å²) in [6.07, 6.45) is 2.40. The van der Waals surface area contributed by atoms with E-state index >= 15 is 0 Å². The van der Waals surface area contributed by atoms with E-state index in [1.807, 2.05) is 7.05 Å². The Morgan fingerprint density at radius 2 is 1.83 bits per heavy atom. The molecule has 0 aliphatic carbocycles. The van der Waals surface area contributed by atoms with Crippen molar-refractivity contribution in [2.45, 2.75) is 47.5 Å². The minimum Gasteiger partial charge on any atom is -0.298 e. The second-order valence-corrected chi connectivity index (χ2v) is 4.76. The highest BCUT2D eigenvalue weighted by Crippen LogP contribution is 2.28. The molecule has 0 aromatic carbocycles. The summed E-state index contributed by atoms with van der Waals surface area (Å²) in [5.74, 6) is 0.772. The molecule has 0 fully saturated rings. The number of hydrogen-bond donors (Lipinski definition) is 0. The molecule has 0 bridgehead atoms. The van der Waals surface area contributed by atoms with E-state index in [9.17, 15) is 0 Å². The Bertz CT molecular complexity index is 151. The lowest BCUT2D eigenvalue weighted by atomic mass is 9.79. The van der Waals surface area contributed by atoms with Crippen molar-refractivity contribution in [3.8, 4) is 0 Å². The Morgan fingerprint density at radius 1 is 1.33 bits per heavy atom. The van der Waals surface area contributed by atoms with Crippen molar-refractivity contribution in [2.24, 2.45) is 16.3 Å². The van der Waals surface area contributed by atoms with Gasteiger partial charge in [-0.1, -0.05) is 27.7 Å². The molecule has 0 amide bonds. The molecule has 0 aliphatic heterocycles. The number of nitrogens with zero attached hydrogens (tertiary/aromatic N) is 1. The minimum atomic E-state index is 0.439. The molecule has 1 heteroatoms. The summed E-state index contributed by atoms with van der Waals surface area (Å²) < 4.78 is 0. The molecular weight excluding hydrogens is 146 g/mol. The van der Waals surface area contributed by atoms with Gasteiger partial charge in [-0.15, -0.1) is 0 Å². The fraction of sp³-hybridized carbons (Fsp3) is 0.909. The van der Waals surface area contributed by atoms with Crippen LogP contribution in [0.1, 0.15) is 47.5 Å². The van der Waals surface area contributed by atoms with Gasteiger partial charge in [0.25, 0.3) is 0 Å². The lowest BCUT2D eigenvalue weighted by Gasteiger charge is -2.27. The maximum absolute atomic E-state index is 4.16. The number of aliphatic imine (C=N–C) groups is 1. The van der Waals surface area contributed by atoms with E-state index in [1.165, 1.54) is 12.1 Å². The van der Waals surface area contributed by atoms with Gasteiger partial charge in [-0.05, 0) is 31.1 Å². The number of rotatable bonds is 3. The average molecular weight is 169 g/mol. The van der Waals surface area contributed by atoms with Crippen LogP contribution in [-0.2, 0) is 0 Å². The van der Waals surface area contributed by atoms with Crippen LogP contribution in [-0.4, -0.2) is 12.8 Å². The van der Waals surface area contributed by atoms with E-state index in [2.05, 4.69) is 39.6 Å². The molecule has 0 heterocycles. The minimum absolute atomic E-state index is 0.439. The van der Waals surface area contributed by atoms with E-state index in [-0.39, 0.29) is 0 Å². The smallest absolute Gasteiger partial charge is 0.0276 e. The highest BCUT2D eigenvalue weighted by atomic mass is 14.7. The van der Waals surface area contributed by atoms with Crippen molar-refractivity contribution in [2.75, 3.05) is 7.05 Å². The fourth-order valence-electron chi connectivity index (χ4n) is 0.970. The SMILES string of the molecule is CN=C(C)CCC(C)C(C)(C)C. The standard InChI is InChI=1S/C11H23N/c1-9(11(3,4)5)7-8-10(2)12-6/h9H,7-8H2,1-6H3. The molecule has 1 unspecified atom stereocenters. The Hall–Kier alpha value is -0.330. The van der Waals surface area contributed by atoms with Gasteiger partial charge in [0, 0.05) is 12.8 Å². The highest BCUT2D eigenvalue weighted by Gasteiger charge is 2.19. The average Bonchev–Trinajstić information content (AvgIpc) is 1.97. The normalized spacial score (nSPS) is 16.3. The Labute approximate surface area is 77.3 Å². The van der Waals surface area contributed by atoms with Crippen LogP contribution >= 0.6 is 0 Å². The first-order valence-corrected chi connectivity index (χ1v) is 4.80. The quantitative estimate of drug-likeness (QED) is 0.573. The largest absolute Gasteiger partial charge is 0.298 e. The van der Waals surface area contributed by atoms with Crippen LogP contribution in [0, 0.1) is 11.3 Å². The first-order valence-electron chi connectivity index (χ1n) is 4.80. The summed E-state index contributed by atoms with van der Waals surface area (Å²) in [4.78, 5) is 4.16. The van der Waals surface area contributed by atoms with Gasteiger partial charge in [-0.25, -0.2) is 0 Å². The molecule has 0 rings (SSSR count). The van der Waals surface area contributed by atoms with Crippen LogP contribution in [0.2, 0.25) is 0 Å². The zero-order chi connectivity index (χ0) is 9.78. The van der Waals surface area contributed by atoms with E-state index in [4.69, 9.17) is 0 Å². The molecule has 0 saturated carbocycles. The van der Waals surface area contributed by atoms with Crippen LogP contribution in [0.3, 0.4) is 0 Å². The Kier molecular flexibility index (Phi) is 4.51. The molecule has 1 nitrogen and oxygen atoms in total. The summed E-state index contributed by atoms with van der Waals surface area (Å²) >= 11 is 0. The van der Waals surface area contributed by atoms with Gasteiger partial charge < -0.3 is 0 Å². The van der Waals surface area contributed by atoms with E-state index in [1.54, 1.807) is 0 Å². The first-order chi connectivity index (χ1) is 5.38. The predicted octanol–water partition coefficient (Wildman–Crippen LogP) is 3.54. The third-order valence-electron chi connectivity index (χ3n) is 2.80. The van der Waals surface area contributed by atoms with E-state index in [0.717, 1.165) is 12.3 Å². The van der Waals surface area contributed by atoms with Crippen molar-refractivity contribution in [1.29, 1.82) is 0 Å². The summed E-state index contributed by atoms with van der Waals surface area (Å²) in [7, 11) is 1.87. The third-order valence-corrected chi connectivity index (χ3v) is 2.80. The van der Waals surface area contributed by atoms with Gasteiger partial charge in [-0.2, -0.15) is 0 Å². The molecule has 0 aliphatic rings. The molecule has 1 atom stereocenters. The van der Waals surface area contributed by atoms with E-state index in [0.29, 0.717) is 5.41 Å². The molecule has 0 saturated heterocycles. The van der Waals surface area contributed by atoms with Crippen LogP contribution in [0.15, 0.2) is 4.99 Å². The zero-order valence-electron chi connectivity index (χ0n) is 9.44. The predicted molar refractivity (Wildman–Crippen MR) is 56.9 cm³/mol. The lowest BCUT2D eigenvalue weighted by molar-refractivity contribution is 0.250. The van der Waals surface area contributed by atoms with Crippen molar-refractivity contribution in [1.82, 2.24) is 0 Å². The van der Waals surface area contributed by atoms with Gasteiger partial charge in [0.1, 0.15) is 0 Å². The van der Waals surface area contributed by atoms with E-state index < -0.39 is 0 Å². The molecule has 72 valence electrons. The van der Waals surface area contributed by atoms with Crippen molar-refractivity contribution in [3.05, 3.63) is 0 Å². The van der Waals surface area contributed by atoms with Gasteiger partial charge in [0.15, 0.2) is 0 Å². The molecule has 0 spiro atoms. The third kappa shape index (κ3) is 4.53. The van der Waals surface area contributed by atoms with Crippen LogP contribution in [0.5, 0.6) is 0 Å². The summed E-state index contributed by atoms with van der Waals surface area (Å²) in [5.41, 5.74) is 1.71. The fourth-order valence-corrected chi connectivity index (χ4v) is 0.970. The maximum atomic E-state index is 4.16. The molecule has 0 aromatic heterocycles. The van der Waals surface area contributed by atoms with Crippen molar-refractivity contribution < 1.29 is 0 Å². The number of hydrogen-bond acceptors (Lipinski definition) is 1. The van der Waals surface area contributed by atoms with Gasteiger partial charge in [0.2, 0.25) is 0 Å². The van der Waals surface area contributed by atoms with Gasteiger partial charge in [0.05, 0.1) is 0 Å². The first kappa shape index (κ1) is 11.7. The van der Waals surface area contributed by atoms with Gasteiger partial charge in [-0.3, -0.25) is 4.99 Å². The second-order valence-electron chi connectivity index (χ2n) is 4.76. The molecule has 0 radical (unpaired) electrons.